The van der Waals surface area contributed by atoms with Crippen molar-refractivity contribution in [3.8, 4) is 0 Å². The zero-order valence-electron chi connectivity index (χ0n) is 20.7. The van der Waals surface area contributed by atoms with E-state index in [4.69, 9.17) is 9.98 Å². The highest BCUT2D eigenvalue weighted by Gasteiger charge is 2.05. The lowest BCUT2D eigenvalue weighted by atomic mass is 10.2. The molecule has 0 atom stereocenters. The molecule has 2 heterocycles. The van der Waals surface area contributed by atoms with Crippen LogP contribution in [0, 0.1) is 0 Å². The maximum Gasteiger partial charge on any atom is 0.0765 e. The van der Waals surface area contributed by atoms with E-state index in [2.05, 4.69) is 70.6 Å². The molecule has 5 aromatic rings. The van der Waals surface area contributed by atoms with Crippen molar-refractivity contribution in [2.24, 2.45) is 9.98 Å². The third kappa shape index (κ3) is 7.51. The number of hydrogen-bond acceptors (Lipinski definition) is 6. The van der Waals surface area contributed by atoms with Crippen LogP contribution in [0.2, 0.25) is 0 Å². The third-order valence-corrected chi connectivity index (χ3v) is 7.93. The average Bonchev–Trinajstić information content (AvgIpc) is 2.99. The van der Waals surface area contributed by atoms with Crippen LogP contribution in [0.5, 0.6) is 0 Å². The number of aliphatic imine (C=N–C) groups is 2. The molecule has 5 rings (SSSR count). The smallest absolute Gasteiger partial charge is 0.0765 e. The number of rotatable bonds is 10. The molecule has 0 unspecified atom stereocenters. The van der Waals surface area contributed by atoms with Crippen LogP contribution in [0.4, 0.5) is 11.4 Å². The first-order valence-corrected chi connectivity index (χ1v) is 14.2. The van der Waals surface area contributed by atoms with Gasteiger partial charge in [0.1, 0.15) is 0 Å². The lowest BCUT2D eigenvalue weighted by molar-refractivity contribution is 1.31. The molecule has 0 amide bonds. The Kier molecular flexibility index (Phi) is 9.12. The minimum Gasteiger partial charge on any atom is -0.265 e. The van der Waals surface area contributed by atoms with Crippen molar-refractivity contribution in [3.63, 3.8) is 0 Å². The van der Waals surface area contributed by atoms with E-state index in [9.17, 15) is 0 Å². The highest BCUT2D eigenvalue weighted by Crippen LogP contribution is 2.33. The van der Waals surface area contributed by atoms with E-state index in [1.807, 2.05) is 48.8 Å². The van der Waals surface area contributed by atoms with Crippen molar-refractivity contribution in [1.29, 1.82) is 0 Å². The van der Waals surface area contributed by atoms with Crippen LogP contribution < -0.4 is 0 Å². The van der Waals surface area contributed by atoms with Gasteiger partial charge in [0.25, 0.3) is 0 Å². The van der Waals surface area contributed by atoms with Crippen LogP contribution in [0.1, 0.15) is 22.3 Å². The quantitative estimate of drug-likeness (QED) is 0.134. The van der Waals surface area contributed by atoms with Crippen LogP contribution >= 0.6 is 23.5 Å². The number of benzene rings is 3. The van der Waals surface area contributed by atoms with Gasteiger partial charge in [0.15, 0.2) is 0 Å². The highest BCUT2D eigenvalue weighted by atomic mass is 32.2. The summed E-state index contributed by atoms with van der Waals surface area (Å²) in [5.74, 6) is 1.78. The monoisotopic (exact) mass is 530 g/mol. The van der Waals surface area contributed by atoms with Crippen molar-refractivity contribution in [2.75, 3.05) is 0 Å². The molecule has 2 aromatic heterocycles. The Morgan fingerprint density at radius 3 is 1.32 bits per heavy atom. The molecule has 0 aliphatic rings. The second-order valence-electron chi connectivity index (χ2n) is 8.41. The van der Waals surface area contributed by atoms with Gasteiger partial charge >= 0.3 is 0 Å². The molecule has 0 aliphatic carbocycles. The average molecular weight is 531 g/mol. The van der Waals surface area contributed by atoms with Crippen LogP contribution in [0.15, 0.2) is 142 Å². The predicted molar refractivity (Wildman–Crippen MR) is 161 cm³/mol. The Labute approximate surface area is 232 Å². The van der Waals surface area contributed by atoms with Gasteiger partial charge in [-0.3, -0.25) is 20.0 Å². The number of nitrogens with zero attached hydrogens (tertiary/aromatic N) is 4. The number of pyridine rings is 2. The maximum atomic E-state index is 4.70. The van der Waals surface area contributed by atoms with Gasteiger partial charge in [0, 0.05) is 58.5 Å². The molecule has 186 valence electrons. The second kappa shape index (κ2) is 13.5. The van der Waals surface area contributed by atoms with Crippen LogP contribution in [-0.2, 0) is 11.5 Å². The summed E-state index contributed by atoms with van der Waals surface area (Å²) in [4.78, 5) is 19.9. The summed E-state index contributed by atoms with van der Waals surface area (Å²) in [6.45, 7) is 0. The predicted octanol–water partition coefficient (Wildman–Crippen LogP) is 8.56. The van der Waals surface area contributed by atoms with Gasteiger partial charge in [-0.15, -0.1) is 23.5 Å². The fraction of sp³-hybridized carbons (Fsp3) is 0.0625. The first-order valence-electron chi connectivity index (χ1n) is 12.2. The van der Waals surface area contributed by atoms with Crippen molar-refractivity contribution in [3.05, 3.63) is 144 Å². The van der Waals surface area contributed by atoms with E-state index in [0.717, 1.165) is 34.0 Å². The van der Waals surface area contributed by atoms with E-state index in [-0.39, 0.29) is 0 Å². The van der Waals surface area contributed by atoms with Crippen LogP contribution in [-0.4, -0.2) is 22.4 Å². The fourth-order valence-corrected chi connectivity index (χ4v) is 5.53. The van der Waals surface area contributed by atoms with E-state index in [1.165, 1.54) is 20.9 Å². The Morgan fingerprint density at radius 2 is 0.895 bits per heavy atom. The summed E-state index contributed by atoms with van der Waals surface area (Å²) in [6, 6.07) is 33.2. The standard InChI is InChI=1S/C32H26N4S2/c1-3-7-31(29(5-1)35-21-25-13-17-33-18-14-25)37-23-27-9-11-28(12-10-27)24-38-32-8-4-2-6-30(32)36-22-26-15-19-34-20-16-26/h1-22H,23-24H2. The maximum absolute atomic E-state index is 4.70. The van der Waals surface area contributed by atoms with E-state index < -0.39 is 0 Å². The molecule has 38 heavy (non-hydrogen) atoms. The molecule has 0 saturated carbocycles. The Balaban J connectivity index is 1.18. The van der Waals surface area contributed by atoms with Crippen molar-refractivity contribution < 1.29 is 0 Å². The van der Waals surface area contributed by atoms with Gasteiger partial charge in [-0.25, -0.2) is 0 Å². The first kappa shape index (κ1) is 25.6. The summed E-state index contributed by atoms with van der Waals surface area (Å²) >= 11 is 3.61. The van der Waals surface area contributed by atoms with Gasteiger partial charge in [-0.05, 0) is 70.8 Å². The number of para-hydroxylation sites is 2. The molecular formula is C32H26N4S2. The fourth-order valence-electron chi connectivity index (χ4n) is 3.61. The van der Waals surface area contributed by atoms with Gasteiger partial charge in [0.05, 0.1) is 11.4 Å². The van der Waals surface area contributed by atoms with Gasteiger partial charge in [-0.1, -0.05) is 48.5 Å². The summed E-state index contributed by atoms with van der Waals surface area (Å²) in [7, 11) is 0. The Bertz CT molecular complexity index is 1390. The van der Waals surface area contributed by atoms with Gasteiger partial charge in [-0.2, -0.15) is 0 Å². The number of thioether (sulfide) groups is 2. The van der Waals surface area contributed by atoms with Crippen molar-refractivity contribution in [1.82, 2.24) is 9.97 Å². The molecular weight excluding hydrogens is 505 g/mol. The van der Waals surface area contributed by atoms with E-state index in [1.54, 1.807) is 48.3 Å². The lowest BCUT2D eigenvalue weighted by Gasteiger charge is -2.08. The zero-order chi connectivity index (χ0) is 25.8. The molecule has 0 fully saturated rings. The van der Waals surface area contributed by atoms with Crippen molar-refractivity contribution >= 4 is 47.3 Å². The number of hydrogen-bond donors (Lipinski definition) is 0. The van der Waals surface area contributed by atoms with Crippen LogP contribution in [0.3, 0.4) is 0 Å². The minimum atomic E-state index is 0.891. The topological polar surface area (TPSA) is 50.5 Å². The van der Waals surface area contributed by atoms with Gasteiger partial charge < -0.3 is 0 Å². The Morgan fingerprint density at radius 1 is 0.500 bits per heavy atom. The summed E-state index contributed by atoms with van der Waals surface area (Å²) < 4.78 is 0. The molecule has 6 heteroatoms. The third-order valence-electron chi connectivity index (χ3n) is 5.66. The molecule has 0 aliphatic heterocycles. The zero-order valence-corrected chi connectivity index (χ0v) is 22.4. The molecule has 0 radical (unpaired) electrons. The highest BCUT2D eigenvalue weighted by molar-refractivity contribution is 7.99. The summed E-state index contributed by atoms with van der Waals surface area (Å²) in [6.07, 6.45) is 10.9. The molecule has 4 nitrogen and oxygen atoms in total. The largest absolute Gasteiger partial charge is 0.265 e. The second-order valence-corrected chi connectivity index (χ2v) is 10.4. The van der Waals surface area contributed by atoms with Gasteiger partial charge in [0.2, 0.25) is 0 Å². The molecule has 0 bridgehead atoms. The molecule has 0 N–H and O–H groups in total. The Hall–Kier alpha value is -4.00. The summed E-state index contributed by atoms with van der Waals surface area (Å²) in [5, 5.41) is 0. The van der Waals surface area contributed by atoms with Crippen molar-refractivity contribution in [2.45, 2.75) is 21.3 Å². The first-order chi connectivity index (χ1) is 18.8. The lowest BCUT2D eigenvalue weighted by Crippen LogP contribution is -1.86. The van der Waals surface area contributed by atoms with E-state index in [0.29, 0.717) is 0 Å². The molecule has 3 aromatic carbocycles. The molecule has 0 saturated heterocycles. The van der Waals surface area contributed by atoms with E-state index >= 15 is 0 Å². The van der Waals surface area contributed by atoms with Crippen LogP contribution in [0.25, 0.3) is 0 Å². The molecule has 0 spiro atoms. The normalized spacial score (nSPS) is 11.4. The summed E-state index contributed by atoms with van der Waals surface area (Å²) in [5.41, 5.74) is 6.62. The minimum absolute atomic E-state index is 0.891. The SMILES string of the molecule is C(=Nc1ccccc1SCc1ccc(CSc2ccccc2N=Cc2ccncc2)cc1)c1ccncc1. The number of aromatic nitrogens is 2.